The number of alkyl halides is 1. The maximum absolute atomic E-state index is 8.61. The Bertz CT molecular complexity index is 341. The molecule has 0 bridgehead atoms. The van der Waals surface area contributed by atoms with Gasteiger partial charge >= 0.3 is 0 Å². The minimum atomic E-state index is 0.282. The zero-order valence-electron chi connectivity index (χ0n) is 5.94. The van der Waals surface area contributed by atoms with Crippen molar-refractivity contribution < 1.29 is 0 Å². The molecule has 0 aliphatic carbocycles. The summed E-state index contributed by atoms with van der Waals surface area (Å²) in [5, 5.41) is 9.46. The third kappa shape index (κ3) is 1.84. The Labute approximate surface area is 85.5 Å². The van der Waals surface area contributed by atoms with Crippen LogP contribution in [-0.2, 0) is 5.88 Å². The van der Waals surface area contributed by atoms with Crippen molar-refractivity contribution in [3.63, 3.8) is 0 Å². The van der Waals surface area contributed by atoms with Crippen LogP contribution in [0.25, 0.3) is 0 Å². The third-order valence-corrected chi connectivity index (χ3v) is 2.35. The van der Waals surface area contributed by atoms with E-state index in [4.69, 9.17) is 40.1 Å². The molecule has 0 atom stereocenters. The average molecular weight is 220 g/mol. The van der Waals surface area contributed by atoms with Gasteiger partial charge < -0.3 is 0 Å². The average Bonchev–Trinajstić information content (AvgIpc) is 2.05. The van der Waals surface area contributed by atoms with Crippen LogP contribution in [0.4, 0.5) is 0 Å². The zero-order chi connectivity index (χ0) is 9.14. The van der Waals surface area contributed by atoms with E-state index in [1.165, 1.54) is 6.07 Å². The summed E-state index contributed by atoms with van der Waals surface area (Å²) in [5.41, 5.74) is 1.12. The molecule has 0 amide bonds. The maximum Gasteiger partial charge on any atom is 0.101 e. The molecule has 0 heterocycles. The van der Waals surface area contributed by atoms with Crippen molar-refractivity contribution in [2.45, 2.75) is 5.88 Å². The van der Waals surface area contributed by atoms with E-state index in [1.807, 2.05) is 6.07 Å². The molecule has 0 aliphatic heterocycles. The van der Waals surface area contributed by atoms with E-state index in [-0.39, 0.29) is 5.88 Å². The summed E-state index contributed by atoms with van der Waals surface area (Å²) in [6.07, 6.45) is 0. The molecule has 0 radical (unpaired) electrons. The lowest BCUT2D eigenvalue weighted by molar-refractivity contribution is 1.37. The molecule has 12 heavy (non-hydrogen) atoms. The van der Waals surface area contributed by atoms with E-state index < -0.39 is 0 Å². The highest BCUT2D eigenvalue weighted by molar-refractivity contribution is 6.36. The Hall–Kier alpha value is -0.420. The fraction of sp³-hybridized carbons (Fsp3) is 0.125. The van der Waals surface area contributed by atoms with Crippen molar-refractivity contribution in [1.29, 1.82) is 5.26 Å². The van der Waals surface area contributed by atoms with Crippen LogP contribution in [0.5, 0.6) is 0 Å². The van der Waals surface area contributed by atoms with E-state index in [2.05, 4.69) is 0 Å². The second kappa shape index (κ2) is 4.00. The molecular weight excluding hydrogens is 216 g/mol. The molecule has 0 saturated heterocycles. The predicted molar refractivity (Wildman–Crippen MR) is 50.7 cm³/mol. The van der Waals surface area contributed by atoms with Gasteiger partial charge in [-0.1, -0.05) is 23.2 Å². The Balaban J connectivity index is 3.30. The molecule has 0 spiro atoms. The summed E-state index contributed by atoms with van der Waals surface area (Å²) in [6.45, 7) is 0. The van der Waals surface area contributed by atoms with Crippen molar-refractivity contribution in [3.05, 3.63) is 33.3 Å². The first-order chi connectivity index (χ1) is 5.69. The van der Waals surface area contributed by atoms with Crippen LogP contribution in [0.15, 0.2) is 12.1 Å². The monoisotopic (exact) mass is 219 g/mol. The SMILES string of the molecule is N#Cc1cc(CCl)c(Cl)cc1Cl. The van der Waals surface area contributed by atoms with Crippen molar-refractivity contribution in [2.75, 3.05) is 0 Å². The van der Waals surface area contributed by atoms with Crippen LogP contribution in [0, 0.1) is 11.3 Å². The van der Waals surface area contributed by atoms with Crippen molar-refractivity contribution in [1.82, 2.24) is 0 Å². The van der Waals surface area contributed by atoms with E-state index in [0.29, 0.717) is 15.6 Å². The largest absolute Gasteiger partial charge is 0.192 e. The quantitative estimate of drug-likeness (QED) is 0.663. The number of benzene rings is 1. The maximum atomic E-state index is 8.61. The number of rotatable bonds is 1. The Morgan fingerprint density at radius 2 is 1.92 bits per heavy atom. The number of nitriles is 1. The van der Waals surface area contributed by atoms with Gasteiger partial charge in [-0.3, -0.25) is 0 Å². The minimum Gasteiger partial charge on any atom is -0.192 e. The number of halogens is 3. The molecule has 4 heteroatoms. The predicted octanol–water partition coefficient (Wildman–Crippen LogP) is 3.60. The zero-order valence-corrected chi connectivity index (χ0v) is 8.21. The number of hydrogen-bond donors (Lipinski definition) is 0. The molecule has 1 nitrogen and oxygen atoms in total. The van der Waals surface area contributed by atoms with Gasteiger partial charge in [0.25, 0.3) is 0 Å². The summed E-state index contributed by atoms with van der Waals surface area (Å²) in [5.74, 6) is 0.282. The molecule has 0 aromatic heterocycles. The van der Waals surface area contributed by atoms with Crippen LogP contribution in [0.2, 0.25) is 10.0 Å². The number of nitrogens with zero attached hydrogens (tertiary/aromatic N) is 1. The fourth-order valence-electron chi connectivity index (χ4n) is 0.782. The van der Waals surface area contributed by atoms with Crippen LogP contribution >= 0.6 is 34.8 Å². The number of hydrogen-bond acceptors (Lipinski definition) is 1. The minimum absolute atomic E-state index is 0.282. The van der Waals surface area contributed by atoms with Crippen LogP contribution in [0.3, 0.4) is 0 Å². The first-order valence-electron chi connectivity index (χ1n) is 3.13. The topological polar surface area (TPSA) is 23.8 Å². The van der Waals surface area contributed by atoms with E-state index in [9.17, 15) is 0 Å². The van der Waals surface area contributed by atoms with E-state index >= 15 is 0 Å². The molecular formula is C8H4Cl3N. The standard InChI is InChI=1S/C8H4Cl3N/c9-3-5-1-6(4-12)8(11)2-7(5)10/h1-2H,3H2. The summed E-state index contributed by atoms with van der Waals surface area (Å²) >= 11 is 17.1. The molecule has 1 rings (SSSR count). The third-order valence-electron chi connectivity index (χ3n) is 1.40. The van der Waals surface area contributed by atoms with Gasteiger partial charge in [0.15, 0.2) is 0 Å². The van der Waals surface area contributed by atoms with Gasteiger partial charge in [-0.15, -0.1) is 11.6 Å². The highest BCUT2D eigenvalue weighted by atomic mass is 35.5. The van der Waals surface area contributed by atoms with Crippen molar-refractivity contribution >= 4 is 34.8 Å². The van der Waals surface area contributed by atoms with Gasteiger partial charge in [0.05, 0.1) is 10.6 Å². The van der Waals surface area contributed by atoms with Gasteiger partial charge in [-0.05, 0) is 17.7 Å². The molecule has 0 saturated carbocycles. The molecule has 1 aromatic rings. The van der Waals surface area contributed by atoms with Crippen LogP contribution in [0.1, 0.15) is 11.1 Å². The van der Waals surface area contributed by atoms with Crippen LogP contribution < -0.4 is 0 Å². The Morgan fingerprint density at radius 1 is 1.25 bits per heavy atom. The molecule has 0 aliphatic rings. The van der Waals surface area contributed by atoms with E-state index in [1.54, 1.807) is 6.07 Å². The highest BCUT2D eigenvalue weighted by Gasteiger charge is 2.05. The Kier molecular flexibility index (Phi) is 3.22. The molecule has 0 unspecified atom stereocenters. The lowest BCUT2D eigenvalue weighted by Crippen LogP contribution is -1.84. The van der Waals surface area contributed by atoms with Gasteiger partial charge in [0.1, 0.15) is 6.07 Å². The van der Waals surface area contributed by atoms with Crippen LogP contribution in [-0.4, -0.2) is 0 Å². The first kappa shape index (κ1) is 9.67. The highest BCUT2D eigenvalue weighted by Crippen LogP contribution is 2.25. The first-order valence-corrected chi connectivity index (χ1v) is 4.42. The lowest BCUT2D eigenvalue weighted by Gasteiger charge is -2.01. The molecule has 1 aromatic carbocycles. The summed E-state index contributed by atoms with van der Waals surface area (Å²) < 4.78 is 0. The van der Waals surface area contributed by atoms with Crippen molar-refractivity contribution in [2.24, 2.45) is 0 Å². The van der Waals surface area contributed by atoms with Crippen molar-refractivity contribution in [3.8, 4) is 6.07 Å². The fourth-order valence-corrected chi connectivity index (χ4v) is 1.56. The lowest BCUT2D eigenvalue weighted by atomic mass is 10.1. The smallest absolute Gasteiger partial charge is 0.101 e. The Morgan fingerprint density at radius 3 is 2.42 bits per heavy atom. The molecule has 0 fully saturated rings. The second-order valence-corrected chi connectivity index (χ2v) is 3.25. The molecule has 62 valence electrons. The van der Waals surface area contributed by atoms with Gasteiger partial charge in [-0.25, -0.2) is 0 Å². The normalized spacial score (nSPS) is 9.50. The summed E-state index contributed by atoms with van der Waals surface area (Å²) in [6, 6.07) is 5.07. The second-order valence-electron chi connectivity index (χ2n) is 2.17. The van der Waals surface area contributed by atoms with Gasteiger partial charge in [-0.2, -0.15) is 5.26 Å². The van der Waals surface area contributed by atoms with Gasteiger partial charge in [0.2, 0.25) is 0 Å². The van der Waals surface area contributed by atoms with Gasteiger partial charge in [0, 0.05) is 10.9 Å². The summed E-state index contributed by atoms with van der Waals surface area (Å²) in [7, 11) is 0. The summed E-state index contributed by atoms with van der Waals surface area (Å²) in [4.78, 5) is 0. The molecule has 0 N–H and O–H groups in total. The van der Waals surface area contributed by atoms with E-state index in [0.717, 1.165) is 5.56 Å².